The number of ether oxygens (including phenoxy) is 1. The molecule has 2 aromatic rings. The predicted octanol–water partition coefficient (Wildman–Crippen LogP) is 3.19. The number of hydrogen-bond acceptors (Lipinski definition) is 5. The van der Waals surface area contributed by atoms with Crippen LogP contribution in [0, 0.1) is 6.92 Å². The maximum absolute atomic E-state index is 12.7. The first-order chi connectivity index (χ1) is 15.4. The molecule has 0 aliphatic carbocycles. The van der Waals surface area contributed by atoms with Gasteiger partial charge in [-0.1, -0.05) is 30.3 Å². The van der Waals surface area contributed by atoms with Gasteiger partial charge in [-0.15, -0.1) is 0 Å². The molecule has 0 saturated carbocycles. The van der Waals surface area contributed by atoms with E-state index in [2.05, 4.69) is 46.3 Å². The second-order valence-corrected chi connectivity index (χ2v) is 9.08. The van der Waals surface area contributed by atoms with Crippen molar-refractivity contribution in [3.63, 3.8) is 0 Å². The van der Waals surface area contributed by atoms with Crippen LogP contribution in [0.1, 0.15) is 41.3 Å². The number of piperazine rings is 1. The fourth-order valence-electron chi connectivity index (χ4n) is 4.56. The summed E-state index contributed by atoms with van der Waals surface area (Å²) in [6.07, 6.45) is 2.35. The minimum Gasteiger partial charge on any atom is -0.445 e. The largest absolute Gasteiger partial charge is 0.445 e. The third-order valence-corrected chi connectivity index (χ3v) is 6.49. The Hall–Kier alpha value is -2.86. The summed E-state index contributed by atoms with van der Waals surface area (Å²) in [4.78, 5) is 30.0. The number of carbonyl (C=O) groups excluding carboxylic acids is 2. The molecule has 6 nitrogen and oxygen atoms in total. The quantitative estimate of drug-likeness (QED) is 0.535. The summed E-state index contributed by atoms with van der Waals surface area (Å²) in [5.41, 5.74) is 2.89. The summed E-state index contributed by atoms with van der Waals surface area (Å²) in [6, 6.07) is 16.0. The summed E-state index contributed by atoms with van der Waals surface area (Å²) in [6.45, 7) is 9.69. The molecule has 170 valence electrons. The second-order valence-electron chi connectivity index (χ2n) is 9.08. The lowest BCUT2D eigenvalue weighted by Crippen LogP contribution is -2.51. The minimum atomic E-state index is -1.14. The molecule has 0 aromatic heterocycles. The fourth-order valence-corrected chi connectivity index (χ4v) is 4.56. The van der Waals surface area contributed by atoms with E-state index in [4.69, 9.17) is 4.74 Å². The van der Waals surface area contributed by atoms with E-state index >= 15 is 0 Å². The van der Waals surface area contributed by atoms with Gasteiger partial charge in [-0.2, -0.15) is 0 Å². The van der Waals surface area contributed by atoms with Crippen molar-refractivity contribution in [2.75, 3.05) is 44.2 Å². The molecule has 0 spiro atoms. The maximum atomic E-state index is 12.7. The maximum Gasteiger partial charge on any atom is 0.339 e. The van der Waals surface area contributed by atoms with Crippen LogP contribution in [0.3, 0.4) is 0 Å². The van der Waals surface area contributed by atoms with Crippen LogP contribution in [-0.4, -0.2) is 61.6 Å². The summed E-state index contributed by atoms with van der Waals surface area (Å²) >= 11 is 0. The Bertz CT molecular complexity index is 968. The van der Waals surface area contributed by atoms with Crippen LogP contribution in [-0.2, 0) is 16.0 Å². The Morgan fingerprint density at radius 3 is 2.62 bits per heavy atom. The number of anilines is 1. The molecule has 1 unspecified atom stereocenters. The molecule has 4 rings (SSSR count). The Balaban J connectivity index is 1.16. The van der Waals surface area contributed by atoms with Crippen LogP contribution in [0.5, 0.6) is 0 Å². The molecule has 0 bridgehead atoms. The number of aryl methyl sites for hydroxylation is 1. The summed E-state index contributed by atoms with van der Waals surface area (Å²) < 4.78 is 5.50. The third kappa shape index (κ3) is 5.13. The lowest BCUT2D eigenvalue weighted by molar-refractivity contribution is -0.139. The lowest BCUT2D eigenvalue weighted by Gasteiger charge is -2.36. The van der Waals surface area contributed by atoms with Gasteiger partial charge >= 0.3 is 5.97 Å². The van der Waals surface area contributed by atoms with Gasteiger partial charge < -0.3 is 15.0 Å². The molecule has 6 heteroatoms. The van der Waals surface area contributed by atoms with Crippen molar-refractivity contribution in [3.05, 3.63) is 65.2 Å². The van der Waals surface area contributed by atoms with Crippen molar-refractivity contribution in [2.45, 2.75) is 38.7 Å². The summed E-state index contributed by atoms with van der Waals surface area (Å²) in [7, 11) is 0. The standard InChI is InChI=1S/C26H33N3O3/c1-20-8-7-10-22(18-20)29-16-14-28(15-17-29)13-6-5-12-27-25(31)26(2)19-21-9-3-4-11-23(21)24(30)32-26/h3-4,7-11,18H,5-6,12-17,19H2,1-2H3,(H,27,31). The topological polar surface area (TPSA) is 61.9 Å². The predicted molar refractivity (Wildman–Crippen MR) is 126 cm³/mol. The number of esters is 1. The van der Waals surface area contributed by atoms with Gasteiger partial charge in [-0.3, -0.25) is 9.69 Å². The summed E-state index contributed by atoms with van der Waals surface area (Å²) in [5.74, 6) is -0.638. The molecule has 2 aromatic carbocycles. The Morgan fingerprint density at radius 2 is 1.84 bits per heavy atom. The first-order valence-electron chi connectivity index (χ1n) is 11.6. The number of rotatable bonds is 7. The molecule has 32 heavy (non-hydrogen) atoms. The zero-order chi connectivity index (χ0) is 22.6. The van der Waals surface area contributed by atoms with E-state index in [1.807, 2.05) is 18.2 Å². The van der Waals surface area contributed by atoms with Crippen molar-refractivity contribution >= 4 is 17.6 Å². The number of nitrogens with zero attached hydrogens (tertiary/aromatic N) is 2. The smallest absolute Gasteiger partial charge is 0.339 e. The Morgan fingerprint density at radius 1 is 1.06 bits per heavy atom. The molecule has 2 aliphatic rings. The SMILES string of the molecule is Cc1cccc(N2CCN(CCCCNC(=O)C3(C)Cc4ccccc4C(=O)O3)CC2)c1. The van der Waals surface area contributed by atoms with Gasteiger partial charge in [0.2, 0.25) is 0 Å². The molecular weight excluding hydrogens is 402 g/mol. The molecule has 1 amide bonds. The van der Waals surface area contributed by atoms with Gasteiger partial charge in [0.05, 0.1) is 5.56 Å². The average Bonchev–Trinajstić information content (AvgIpc) is 2.79. The van der Waals surface area contributed by atoms with Gasteiger partial charge in [0.15, 0.2) is 5.60 Å². The zero-order valence-electron chi connectivity index (χ0n) is 19.1. The Kier molecular flexibility index (Phi) is 6.80. The van der Waals surface area contributed by atoms with Crippen LogP contribution in [0.25, 0.3) is 0 Å². The molecule has 2 heterocycles. The van der Waals surface area contributed by atoms with Crippen LogP contribution in [0.15, 0.2) is 48.5 Å². The van der Waals surface area contributed by atoms with E-state index in [1.165, 1.54) is 11.3 Å². The van der Waals surface area contributed by atoms with Crippen molar-refractivity contribution < 1.29 is 14.3 Å². The van der Waals surface area contributed by atoms with E-state index in [0.717, 1.165) is 51.1 Å². The molecule has 1 fully saturated rings. The van der Waals surface area contributed by atoms with Crippen molar-refractivity contribution in [2.24, 2.45) is 0 Å². The highest BCUT2D eigenvalue weighted by molar-refractivity contribution is 5.97. The van der Waals surface area contributed by atoms with Gasteiger partial charge in [0.1, 0.15) is 0 Å². The number of benzene rings is 2. The highest BCUT2D eigenvalue weighted by atomic mass is 16.6. The highest BCUT2D eigenvalue weighted by Crippen LogP contribution is 2.28. The number of amides is 1. The normalized spacial score (nSPS) is 21.1. The van der Waals surface area contributed by atoms with E-state index in [-0.39, 0.29) is 5.91 Å². The highest BCUT2D eigenvalue weighted by Gasteiger charge is 2.42. The molecular formula is C26H33N3O3. The van der Waals surface area contributed by atoms with E-state index in [9.17, 15) is 9.59 Å². The van der Waals surface area contributed by atoms with E-state index in [0.29, 0.717) is 18.5 Å². The van der Waals surface area contributed by atoms with Crippen LogP contribution >= 0.6 is 0 Å². The van der Waals surface area contributed by atoms with Crippen molar-refractivity contribution in [1.82, 2.24) is 10.2 Å². The first-order valence-corrected chi connectivity index (χ1v) is 11.6. The van der Waals surface area contributed by atoms with Gasteiger partial charge in [0.25, 0.3) is 5.91 Å². The number of nitrogens with one attached hydrogen (secondary N) is 1. The zero-order valence-corrected chi connectivity index (χ0v) is 19.1. The Labute approximate surface area is 190 Å². The monoisotopic (exact) mass is 435 g/mol. The lowest BCUT2D eigenvalue weighted by atomic mass is 9.89. The molecule has 0 radical (unpaired) electrons. The summed E-state index contributed by atoms with van der Waals surface area (Å²) in [5, 5.41) is 2.97. The fraction of sp³-hybridized carbons (Fsp3) is 0.462. The number of cyclic esters (lactones) is 1. The van der Waals surface area contributed by atoms with Crippen molar-refractivity contribution in [3.8, 4) is 0 Å². The van der Waals surface area contributed by atoms with Crippen LogP contribution in [0.2, 0.25) is 0 Å². The number of carbonyl (C=O) groups is 2. The second kappa shape index (κ2) is 9.74. The average molecular weight is 436 g/mol. The van der Waals surface area contributed by atoms with Crippen LogP contribution in [0.4, 0.5) is 5.69 Å². The minimum absolute atomic E-state index is 0.216. The van der Waals surface area contributed by atoms with E-state index < -0.39 is 11.6 Å². The van der Waals surface area contributed by atoms with Crippen molar-refractivity contribution in [1.29, 1.82) is 0 Å². The number of unbranched alkanes of at least 4 members (excludes halogenated alkanes) is 1. The number of hydrogen-bond donors (Lipinski definition) is 1. The molecule has 1 N–H and O–H groups in total. The molecule has 1 saturated heterocycles. The molecule has 1 atom stereocenters. The third-order valence-electron chi connectivity index (χ3n) is 6.49. The first kappa shape index (κ1) is 22.3. The van der Waals surface area contributed by atoms with Gasteiger partial charge in [-0.25, -0.2) is 4.79 Å². The van der Waals surface area contributed by atoms with Gasteiger partial charge in [-0.05, 0) is 62.6 Å². The van der Waals surface area contributed by atoms with Crippen LogP contribution < -0.4 is 10.2 Å². The molecule has 2 aliphatic heterocycles. The van der Waals surface area contributed by atoms with Gasteiger partial charge in [0, 0.05) is 44.8 Å². The van der Waals surface area contributed by atoms with E-state index in [1.54, 1.807) is 13.0 Å². The number of fused-ring (bicyclic) bond motifs is 1.